The first kappa shape index (κ1) is 14.4. The lowest BCUT2D eigenvalue weighted by Crippen LogP contribution is -2.42. The van der Waals surface area contributed by atoms with Crippen LogP contribution in [-0.4, -0.2) is 35.9 Å². The van der Waals surface area contributed by atoms with Crippen molar-refractivity contribution in [2.45, 2.75) is 32.4 Å². The van der Waals surface area contributed by atoms with Crippen molar-refractivity contribution in [3.8, 4) is 5.75 Å². The quantitative estimate of drug-likeness (QED) is 0.879. The maximum Gasteiger partial charge on any atom is 0.245 e. The van der Waals surface area contributed by atoms with Gasteiger partial charge in [-0.05, 0) is 24.6 Å². The molecule has 0 aliphatic carbocycles. The zero-order valence-electron chi connectivity index (χ0n) is 11.8. The lowest BCUT2D eigenvalue weighted by molar-refractivity contribution is -0.133. The summed E-state index contributed by atoms with van der Waals surface area (Å²) in [5, 5.41) is 2.70. The van der Waals surface area contributed by atoms with Crippen LogP contribution in [0.5, 0.6) is 5.75 Å². The summed E-state index contributed by atoms with van der Waals surface area (Å²) in [6.45, 7) is 3.32. The van der Waals surface area contributed by atoms with Crippen molar-refractivity contribution in [1.29, 1.82) is 0 Å². The zero-order chi connectivity index (χ0) is 15.0. The summed E-state index contributed by atoms with van der Waals surface area (Å²) in [6, 6.07) is 3.58. The molecular formula is C15H17BrN2O3. The van der Waals surface area contributed by atoms with Gasteiger partial charge in [0.2, 0.25) is 11.8 Å². The van der Waals surface area contributed by atoms with E-state index in [-0.39, 0.29) is 11.8 Å². The zero-order valence-corrected chi connectivity index (χ0v) is 13.4. The lowest BCUT2D eigenvalue weighted by atomic mass is 10.1. The summed E-state index contributed by atoms with van der Waals surface area (Å²) in [4.78, 5) is 25.6. The highest BCUT2D eigenvalue weighted by molar-refractivity contribution is 9.10. The molecule has 2 heterocycles. The fraction of sp³-hybridized carbons (Fsp3) is 0.467. The van der Waals surface area contributed by atoms with Crippen molar-refractivity contribution in [2.75, 3.05) is 13.2 Å². The van der Waals surface area contributed by atoms with Crippen molar-refractivity contribution in [3.05, 3.63) is 27.7 Å². The number of carbonyl (C=O) groups excluding carboxylic acids is 2. The number of ether oxygens (including phenoxy) is 1. The van der Waals surface area contributed by atoms with E-state index in [2.05, 4.69) is 27.3 Å². The van der Waals surface area contributed by atoms with Crippen molar-refractivity contribution >= 4 is 27.7 Å². The number of rotatable bonds is 2. The summed E-state index contributed by atoms with van der Waals surface area (Å²) in [5.41, 5.74) is 2.16. The SMILES string of the molecule is CC1NC(=O)CCN(Cc2cc(Br)cc3c2OCC3)C1=O. The van der Waals surface area contributed by atoms with Crippen molar-refractivity contribution in [1.82, 2.24) is 10.2 Å². The number of carbonyl (C=O) groups is 2. The van der Waals surface area contributed by atoms with Crippen LogP contribution in [0.2, 0.25) is 0 Å². The first-order chi connectivity index (χ1) is 10.0. The predicted octanol–water partition coefficient (Wildman–Crippen LogP) is 1.62. The first-order valence-electron chi connectivity index (χ1n) is 7.07. The molecule has 5 nitrogen and oxygen atoms in total. The van der Waals surface area contributed by atoms with E-state index in [4.69, 9.17) is 4.74 Å². The van der Waals surface area contributed by atoms with E-state index in [9.17, 15) is 9.59 Å². The highest BCUT2D eigenvalue weighted by atomic mass is 79.9. The number of halogens is 1. The molecule has 1 unspecified atom stereocenters. The number of hydrogen-bond donors (Lipinski definition) is 1. The lowest BCUT2D eigenvalue weighted by Gasteiger charge is -2.23. The molecule has 3 rings (SSSR count). The van der Waals surface area contributed by atoms with E-state index in [1.165, 1.54) is 5.56 Å². The average Bonchev–Trinajstić information content (AvgIpc) is 2.86. The maximum absolute atomic E-state index is 12.3. The van der Waals surface area contributed by atoms with Gasteiger partial charge in [-0.1, -0.05) is 15.9 Å². The minimum Gasteiger partial charge on any atom is -0.493 e. The Kier molecular flexibility index (Phi) is 3.89. The van der Waals surface area contributed by atoms with Gasteiger partial charge in [-0.25, -0.2) is 0 Å². The molecule has 112 valence electrons. The largest absolute Gasteiger partial charge is 0.493 e. The molecule has 0 spiro atoms. The molecule has 1 atom stereocenters. The van der Waals surface area contributed by atoms with E-state index in [0.717, 1.165) is 22.2 Å². The molecule has 6 heteroatoms. The van der Waals surface area contributed by atoms with Crippen LogP contribution in [-0.2, 0) is 22.6 Å². The van der Waals surface area contributed by atoms with E-state index >= 15 is 0 Å². The number of benzene rings is 1. The van der Waals surface area contributed by atoms with E-state index < -0.39 is 6.04 Å². The normalized spacial score (nSPS) is 21.6. The molecule has 0 bridgehead atoms. The smallest absolute Gasteiger partial charge is 0.245 e. The fourth-order valence-electron chi connectivity index (χ4n) is 2.82. The molecular weight excluding hydrogens is 336 g/mol. The standard InChI is InChI=1S/C15H17BrN2O3/c1-9-15(20)18(4-2-13(19)17-9)8-11-7-12(16)6-10-3-5-21-14(10)11/h6-7,9H,2-5,8H2,1H3,(H,17,19). The number of hydrogen-bond acceptors (Lipinski definition) is 3. The predicted molar refractivity (Wildman–Crippen MR) is 81.0 cm³/mol. The number of amides is 2. The third-order valence-electron chi connectivity index (χ3n) is 3.85. The second kappa shape index (κ2) is 5.67. The molecule has 1 aromatic rings. The second-order valence-corrected chi connectivity index (χ2v) is 6.37. The van der Waals surface area contributed by atoms with Gasteiger partial charge in [-0.2, -0.15) is 0 Å². The van der Waals surface area contributed by atoms with Gasteiger partial charge in [0.15, 0.2) is 0 Å². The third-order valence-corrected chi connectivity index (χ3v) is 4.31. The van der Waals surface area contributed by atoms with Crippen molar-refractivity contribution in [3.63, 3.8) is 0 Å². The van der Waals surface area contributed by atoms with Gasteiger partial charge in [0.25, 0.3) is 0 Å². The third kappa shape index (κ3) is 2.90. The summed E-state index contributed by atoms with van der Waals surface area (Å²) >= 11 is 3.51. The molecule has 2 aliphatic heterocycles. The Hall–Kier alpha value is -1.56. The van der Waals surface area contributed by atoms with Gasteiger partial charge >= 0.3 is 0 Å². The Morgan fingerprint density at radius 1 is 1.38 bits per heavy atom. The minimum absolute atomic E-state index is 0.0485. The maximum atomic E-state index is 12.3. The van der Waals surface area contributed by atoms with Crippen LogP contribution in [0.3, 0.4) is 0 Å². The van der Waals surface area contributed by atoms with Crippen LogP contribution in [0, 0.1) is 0 Å². The fourth-order valence-corrected chi connectivity index (χ4v) is 3.37. The highest BCUT2D eigenvalue weighted by Gasteiger charge is 2.28. The molecule has 1 fully saturated rings. The van der Waals surface area contributed by atoms with Gasteiger partial charge in [-0.15, -0.1) is 0 Å². The van der Waals surface area contributed by atoms with Crippen LogP contribution in [0.1, 0.15) is 24.5 Å². The molecule has 1 saturated heterocycles. The molecule has 0 radical (unpaired) electrons. The second-order valence-electron chi connectivity index (χ2n) is 5.45. The topological polar surface area (TPSA) is 58.6 Å². The Bertz CT molecular complexity index is 603. The van der Waals surface area contributed by atoms with E-state index in [1.54, 1.807) is 11.8 Å². The molecule has 21 heavy (non-hydrogen) atoms. The number of nitrogens with one attached hydrogen (secondary N) is 1. The first-order valence-corrected chi connectivity index (χ1v) is 7.86. The number of nitrogens with zero attached hydrogens (tertiary/aromatic N) is 1. The summed E-state index contributed by atoms with van der Waals surface area (Å²) in [6.07, 6.45) is 1.24. The van der Waals surface area contributed by atoms with Crippen LogP contribution in [0.25, 0.3) is 0 Å². The Labute approximate surface area is 131 Å². The van der Waals surface area contributed by atoms with Gasteiger partial charge in [0.1, 0.15) is 11.8 Å². The van der Waals surface area contributed by atoms with E-state index in [1.807, 2.05) is 6.07 Å². The Morgan fingerprint density at radius 3 is 3.00 bits per heavy atom. The van der Waals surface area contributed by atoms with Crippen LogP contribution >= 0.6 is 15.9 Å². The van der Waals surface area contributed by atoms with Gasteiger partial charge < -0.3 is 15.0 Å². The highest BCUT2D eigenvalue weighted by Crippen LogP contribution is 2.34. The Balaban J connectivity index is 1.86. The van der Waals surface area contributed by atoms with Gasteiger partial charge in [0.05, 0.1) is 6.61 Å². The molecule has 2 aliphatic rings. The molecule has 1 N–H and O–H groups in total. The summed E-state index contributed by atoms with van der Waals surface area (Å²) in [5.74, 6) is 0.767. The average molecular weight is 353 g/mol. The summed E-state index contributed by atoms with van der Waals surface area (Å²) < 4.78 is 6.69. The Morgan fingerprint density at radius 2 is 2.19 bits per heavy atom. The van der Waals surface area contributed by atoms with Gasteiger partial charge in [-0.3, -0.25) is 9.59 Å². The van der Waals surface area contributed by atoms with Crippen LogP contribution in [0.4, 0.5) is 0 Å². The van der Waals surface area contributed by atoms with Crippen LogP contribution < -0.4 is 10.1 Å². The van der Waals surface area contributed by atoms with Crippen molar-refractivity contribution in [2.24, 2.45) is 0 Å². The minimum atomic E-state index is -0.471. The summed E-state index contributed by atoms with van der Waals surface area (Å²) in [7, 11) is 0. The molecule has 0 aromatic heterocycles. The number of fused-ring (bicyclic) bond motifs is 1. The van der Waals surface area contributed by atoms with Crippen molar-refractivity contribution < 1.29 is 14.3 Å². The molecule has 2 amide bonds. The monoisotopic (exact) mass is 352 g/mol. The molecule has 1 aromatic carbocycles. The van der Waals surface area contributed by atoms with Gasteiger partial charge in [0, 0.05) is 36.0 Å². The van der Waals surface area contributed by atoms with E-state index in [0.29, 0.717) is 26.1 Å². The molecule has 0 saturated carbocycles. The van der Waals surface area contributed by atoms with Crippen LogP contribution in [0.15, 0.2) is 16.6 Å².